The Morgan fingerprint density at radius 2 is 1.65 bits per heavy atom. The Morgan fingerprint density at radius 1 is 0.870 bits per heavy atom. The quantitative estimate of drug-likeness (QED) is 0.647. The fourth-order valence-electron chi connectivity index (χ4n) is 2.40. The third kappa shape index (κ3) is 4.04. The highest BCUT2D eigenvalue weighted by molar-refractivity contribution is 5.69. The molecular formula is C21H22N2. The van der Waals surface area contributed by atoms with Crippen LogP contribution in [0.15, 0.2) is 67.0 Å². The van der Waals surface area contributed by atoms with E-state index in [2.05, 4.69) is 9.97 Å². The number of hydrogen-bond acceptors (Lipinski definition) is 2. The van der Waals surface area contributed by atoms with Crippen LogP contribution < -0.4 is 0 Å². The van der Waals surface area contributed by atoms with Gasteiger partial charge in [0.25, 0.3) is 0 Å². The Bertz CT molecular complexity index is 851. The van der Waals surface area contributed by atoms with Gasteiger partial charge in [-0.25, -0.2) is 0 Å². The summed E-state index contributed by atoms with van der Waals surface area (Å²) in [5.74, 6) is 0. The summed E-state index contributed by atoms with van der Waals surface area (Å²) in [4.78, 5) is 8.84. The number of benzene rings is 1. The SMILES string of the molecule is [2H]C([2H])(c1ccc(-c2ccnc(-c3ccccc3)c2)cn1)C(C)(C)C. The van der Waals surface area contributed by atoms with Crippen LogP contribution in [-0.4, -0.2) is 9.97 Å². The van der Waals surface area contributed by atoms with Gasteiger partial charge in [0.2, 0.25) is 0 Å². The molecular weight excluding hydrogens is 280 g/mol. The van der Waals surface area contributed by atoms with Gasteiger partial charge in [0.15, 0.2) is 0 Å². The van der Waals surface area contributed by atoms with E-state index >= 15 is 0 Å². The molecule has 0 aliphatic heterocycles. The van der Waals surface area contributed by atoms with E-state index in [1.165, 1.54) is 0 Å². The number of aromatic nitrogens is 2. The van der Waals surface area contributed by atoms with Crippen molar-refractivity contribution in [1.82, 2.24) is 9.97 Å². The van der Waals surface area contributed by atoms with Crippen LogP contribution in [0.4, 0.5) is 0 Å². The maximum atomic E-state index is 8.33. The summed E-state index contributed by atoms with van der Waals surface area (Å²) in [6.45, 7) is 5.66. The molecule has 0 aliphatic rings. The van der Waals surface area contributed by atoms with E-state index in [1.807, 2.05) is 69.3 Å². The van der Waals surface area contributed by atoms with Crippen LogP contribution >= 0.6 is 0 Å². The molecule has 0 saturated carbocycles. The van der Waals surface area contributed by atoms with Crippen molar-refractivity contribution in [1.29, 1.82) is 0 Å². The minimum Gasteiger partial charge on any atom is -0.261 e. The predicted molar refractivity (Wildman–Crippen MR) is 96.1 cm³/mol. The molecule has 0 amide bonds. The Hall–Kier alpha value is -2.48. The molecule has 1 aromatic carbocycles. The predicted octanol–water partition coefficient (Wildman–Crippen LogP) is 5.40. The molecule has 0 aliphatic carbocycles. The monoisotopic (exact) mass is 304 g/mol. The number of hydrogen-bond donors (Lipinski definition) is 0. The maximum absolute atomic E-state index is 8.33. The van der Waals surface area contributed by atoms with E-state index in [1.54, 1.807) is 18.5 Å². The van der Waals surface area contributed by atoms with Crippen molar-refractivity contribution < 1.29 is 2.74 Å². The van der Waals surface area contributed by atoms with Crippen molar-refractivity contribution in [3.8, 4) is 22.4 Å². The normalized spacial score (nSPS) is 13.3. The van der Waals surface area contributed by atoms with Gasteiger partial charge >= 0.3 is 0 Å². The van der Waals surface area contributed by atoms with Gasteiger partial charge in [-0.2, -0.15) is 0 Å². The van der Waals surface area contributed by atoms with E-state index < -0.39 is 11.8 Å². The Balaban J connectivity index is 1.94. The zero-order chi connectivity index (χ0) is 18.1. The number of pyridine rings is 2. The molecule has 2 nitrogen and oxygen atoms in total. The van der Waals surface area contributed by atoms with Gasteiger partial charge in [0, 0.05) is 32.0 Å². The first kappa shape index (κ1) is 13.0. The van der Waals surface area contributed by atoms with Crippen LogP contribution in [0, 0.1) is 5.41 Å². The minimum absolute atomic E-state index is 0.459. The summed E-state index contributed by atoms with van der Waals surface area (Å²) in [6, 6.07) is 17.7. The van der Waals surface area contributed by atoms with Gasteiger partial charge < -0.3 is 0 Å². The van der Waals surface area contributed by atoms with Crippen molar-refractivity contribution in [3.05, 3.63) is 72.7 Å². The first-order chi connectivity index (χ1) is 11.8. The second kappa shape index (κ2) is 6.33. The molecule has 116 valence electrons. The molecule has 0 N–H and O–H groups in total. The average Bonchev–Trinajstić information content (AvgIpc) is 2.62. The van der Waals surface area contributed by atoms with Crippen LogP contribution in [0.5, 0.6) is 0 Å². The molecule has 23 heavy (non-hydrogen) atoms. The van der Waals surface area contributed by atoms with Crippen LogP contribution in [0.25, 0.3) is 22.4 Å². The molecule has 2 heteroatoms. The molecule has 0 atom stereocenters. The lowest BCUT2D eigenvalue weighted by Crippen LogP contribution is -2.10. The highest BCUT2D eigenvalue weighted by Gasteiger charge is 2.12. The molecule has 2 aromatic heterocycles. The van der Waals surface area contributed by atoms with E-state index in [0.717, 1.165) is 22.4 Å². The zero-order valence-electron chi connectivity index (χ0n) is 15.7. The molecule has 0 saturated heterocycles. The molecule has 2 heterocycles. The molecule has 0 spiro atoms. The lowest BCUT2D eigenvalue weighted by Gasteiger charge is -2.17. The summed E-state index contributed by atoms with van der Waals surface area (Å²) >= 11 is 0. The van der Waals surface area contributed by atoms with Crippen LogP contribution in [0.1, 0.15) is 29.2 Å². The number of rotatable bonds is 3. The smallest absolute Gasteiger partial charge is 0.0708 e. The second-order valence-electron chi connectivity index (χ2n) is 6.60. The number of nitrogens with zero attached hydrogens (tertiary/aromatic N) is 2. The van der Waals surface area contributed by atoms with E-state index in [9.17, 15) is 0 Å². The summed E-state index contributed by atoms with van der Waals surface area (Å²) < 4.78 is 16.7. The van der Waals surface area contributed by atoms with Gasteiger partial charge in [-0.15, -0.1) is 0 Å². The van der Waals surface area contributed by atoms with E-state index in [-0.39, 0.29) is 0 Å². The molecule has 0 radical (unpaired) electrons. The topological polar surface area (TPSA) is 25.8 Å². The molecule has 0 fully saturated rings. The minimum atomic E-state index is -1.49. The van der Waals surface area contributed by atoms with Gasteiger partial charge in [0.05, 0.1) is 5.69 Å². The third-order valence-electron chi connectivity index (χ3n) is 3.43. The summed E-state index contributed by atoms with van der Waals surface area (Å²) in [7, 11) is 0. The Labute approximate surface area is 141 Å². The first-order valence-electron chi connectivity index (χ1n) is 8.77. The molecule has 3 aromatic rings. The van der Waals surface area contributed by atoms with Crippen molar-refractivity contribution in [2.24, 2.45) is 5.41 Å². The third-order valence-corrected chi connectivity index (χ3v) is 3.43. The van der Waals surface area contributed by atoms with E-state index in [4.69, 9.17) is 2.74 Å². The standard InChI is InChI=1S/C21H22N2/c1-21(2,3)14-19-10-9-18(15-23-19)17-11-12-22-20(13-17)16-7-5-4-6-8-16/h4-13,15H,14H2,1-3H3/i14D2. The van der Waals surface area contributed by atoms with Crippen LogP contribution in [0.3, 0.4) is 0 Å². The second-order valence-corrected chi connectivity index (χ2v) is 6.60. The van der Waals surface area contributed by atoms with Crippen molar-refractivity contribution >= 4 is 0 Å². The van der Waals surface area contributed by atoms with Crippen molar-refractivity contribution in [3.63, 3.8) is 0 Å². The van der Waals surface area contributed by atoms with Crippen molar-refractivity contribution in [2.45, 2.75) is 27.1 Å². The lowest BCUT2D eigenvalue weighted by atomic mass is 9.90. The van der Waals surface area contributed by atoms with Crippen LogP contribution in [-0.2, 0) is 6.37 Å². The molecule has 0 bridgehead atoms. The summed E-state index contributed by atoms with van der Waals surface area (Å²) in [6.07, 6.45) is 2.04. The summed E-state index contributed by atoms with van der Waals surface area (Å²) in [5, 5.41) is 0. The maximum Gasteiger partial charge on any atom is 0.0708 e. The van der Waals surface area contributed by atoms with Gasteiger partial charge in [0.1, 0.15) is 0 Å². The fraction of sp³-hybridized carbons (Fsp3) is 0.238. The Kier molecular flexibility index (Phi) is 3.58. The van der Waals surface area contributed by atoms with Crippen LogP contribution in [0.2, 0.25) is 0 Å². The molecule has 0 unspecified atom stereocenters. The zero-order valence-corrected chi connectivity index (χ0v) is 13.7. The summed E-state index contributed by atoms with van der Waals surface area (Å²) in [5.41, 5.74) is 3.89. The highest BCUT2D eigenvalue weighted by Crippen LogP contribution is 2.25. The average molecular weight is 304 g/mol. The largest absolute Gasteiger partial charge is 0.261 e. The first-order valence-corrected chi connectivity index (χ1v) is 7.77. The Morgan fingerprint density at radius 3 is 2.30 bits per heavy atom. The van der Waals surface area contributed by atoms with Crippen molar-refractivity contribution in [2.75, 3.05) is 0 Å². The van der Waals surface area contributed by atoms with Gasteiger partial charge in [-0.05, 0) is 35.6 Å². The van der Waals surface area contributed by atoms with E-state index in [0.29, 0.717) is 5.69 Å². The lowest BCUT2D eigenvalue weighted by molar-refractivity contribution is 0.406. The van der Waals surface area contributed by atoms with Gasteiger partial charge in [-0.1, -0.05) is 57.2 Å². The molecule has 3 rings (SSSR count). The van der Waals surface area contributed by atoms with Gasteiger partial charge in [-0.3, -0.25) is 9.97 Å². The highest BCUT2D eigenvalue weighted by atomic mass is 14.7. The fourth-order valence-corrected chi connectivity index (χ4v) is 2.40.